The van der Waals surface area contributed by atoms with Gasteiger partial charge in [0.25, 0.3) is 10.0 Å². The van der Waals surface area contributed by atoms with Crippen molar-refractivity contribution in [2.75, 3.05) is 6.54 Å². The Morgan fingerprint density at radius 1 is 1.05 bits per heavy atom. The number of nitrogens with one attached hydrogen (secondary N) is 1. The third kappa shape index (κ3) is 2.75. The molecule has 2 aromatic carbocycles. The highest BCUT2D eigenvalue weighted by atomic mass is 32.2. The quantitative estimate of drug-likeness (QED) is 0.878. The van der Waals surface area contributed by atoms with Crippen LogP contribution in [-0.2, 0) is 10.0 Å². The molecule has 4 nitrogen and oxygen atoms in total. The van der Waals surface area contributed by atoms with E-state index in [0.29, 0.717) is 11.4 Å². The highest BCUT2D eigenvalue weighted by Gasteiger charge is 2.38. The molecule has 0 saturated carbocycles. The lowest BCUT2D eigenvalue weighted by Gasteiger charge is -2.08. The number of aryl methyl sites for hydroxylation is 1. The van der Waals surface area contributed by atoms with Crippen molar-refractivity contribution in [3.8, 4) is 0 Å². The van der Waals surface area contributed by atoms with Crippen LogP contribution in [0.5, 0.6) is 0 Å². The fourth-order valence-corrected chi connectivity index (χ4v) is 3.24. The molecule has 2 aromatic rings. The molecule has 0 aromatic heterocycles. The summed E-state index contributed by atoms with van der Waals surface area (Å²) in [7, 11) is -3.48. The van der Waals surface area contributed by atoms with Crippen LogP contribution in [0.2, 0.25) is 0 Å². The molecule has 1 fully saturated rings. The third-order valence-electron chi connectivity index (χ3n) is 3.37. The van der Waals surface area contributed by atoms with Crippen molar-refractivity contribution >= 4 is 10.0 Å². The van der Waals surface area contributed by atoms with Crippen LogP contribution < -0.4 is 4.83 Å². The van der Waals surface area contributed by atoms with E-state index < -0.39 is 10.0 Å². The van der Waals surface area contributed by atoms with E-state index in [0.717, 1.165) is 11.1 Å². The fraction of sp³-hybridized carbons (Fsp3) is 0.200. The van der Waals surface area contributed by atoms with Gasteiger partial charge in [0.1, 0.15) is 0 Å². The molecule has 1 heterocycles. The van der Waals surface area contributed by atoms with E-state index in [4.69, 9.17) is 0 Å². The van der Waals surface area contributed by atoms with Crippen molar-refractivity contribution < 1.29 is 8.42 Å². The minimum atomic E-state index is -3.48. The van der Waals surface area contributed by atoms with Gasteiger partial charge in [0.2, 0.25) is 0 Å². The minimum Gasteiger partial charge on any atom is -0.220 e. The first kappa shape index (κ1) is 13.3. The van der Waals surface area contributed by atoms with Gasteiger partial charge in [0.05, 0.1) is 10.9 Å². The summed E-state index contributed by atoms with van der Waals surface area (Å²) in [6, 6.07) is 16.9. The molecule has 3 rings (SSSR count). The number of benzene rings is 2. The monoisotopic (exact) mass is 288 g/mol. The lowest BCUT2D eigenvalue weighted by atomic mass is 10.2. The molecule has 1 aliphatic rings. The fourth-order valence-electron chi connectivity index (χ4n) is 2.13. The average molecular weight is 288 g/mol. The normalized spacial score (nSPS) is 21.6. The maximum atomic E-state index is 12.2. The summed E-state index contributed by atoms with van der Waals surface area (Å²) in [5.41, 5.74) is 2.16. The van der Waals surface area contributed by atoms with Gasteiger partial charge in [-0.2, -0.15) is 0 Å². The number of sulfonamides is 1. The van der Waals surface area contributed by atoms with Gasteiger partial charge in [-0.15, -0.1) is 4.83 Å². The largest absolute Gasteiger partial charge is 0.253 e. The van der Waals surface area contributed by atoms with Gasteiger partial charge in [-0.1, -0.05) is 48.0 Å². The Morgan fingerprint density at radius 3 is 2.35 bits per heavy atom. The topological polar surface area (TPSA) is 49.2 Å². The Bertz CT molecular complexity index is 696. The lowest BCUT2D eigenvalue weighted by molar-refractivity contribution is 0.453. The Hall–Kier alpha value is -1.69. The molecule has 0 aliphatic carbocycles. The molecule has 0 radical (unpaired) electrons. The predicted octanol–water partition coefficient (Wildman–Crippen LogP) is 2.25. The second-order valence-electron chi connectivity index (χ2n) is 4.99. The molecule has 0 amide bonds. The zero-order valence-electron chi connectivity index (χ0n) is 11.2. The summed E-state index contributed by atoms with van der Waals surface area (Å²) in [4.78, 5) is 2.91. The number of hydrogen-bond acceptors (Lipinski definition) is 3. The van der Waals surface area contributed by atoms with Gasteiger partial charge in [-0.25, -0.2) is 13.4 Å². The van der Waals surface area contributed by atoms with Gasteiger partial charge >= 0.3 is 0 Å². The van der Waals surface area contributed by atoms with Crippen molar-refractivity contribution in [2.24, 2.45) is 0 Å². The van der Waals surface area contributed by atoms with Crippen LogP contribution in [0.25, 0.3) is 0 Å². The highest BCUT2D eigenvalue weighted by Crippen LogP contribution is 2.33. The van der Waals surface area contributed by atoms with Gasteiger partial charge < -0.3 is 0 Å². The van der Waals surface area contributed by atoms with Crippen LogP contribution >= 0.6 is 0 Å². The SMILES string of the molecule is Cc1ccc(S(=O)(=O)NN2C[C@H]2c2ccccc2)cc1. The van der Waals surface area contributed by atoms with Crippen molar-refractivity contribution in [3.05, 3.63) is 65.7 Å². The Labute approximate surface area is 119 Å². The van der Waals surface area contributed by atoms with Crippen molar-refractivity contribution in [3.63, 3.8) is 0 Å². The molecule has 0 spiro atoms. The molecule has 0 bridgehead atoms. The Morgan fingerprint density at radius 2 is 1.70 bits per heavy atom. The van der Waals surface area contributed by atoms with E-state index in [1.807, 2.05) is 37.3 Å². The predicted molar refractivity (Wildman–Crippen MR) is 77.4 cm³/mol. The smallest absolute Gasteiger partial charge is 0.220 e. The van der Waals surface area contributed by atoms with Crippen LogP contribution in [0.3, 0.4) is 0 Å². The van der Waals surface area contributed by atoms with Crippen molar-refractivity contribution in [1.29, 1.82) is 0 Å². The van der Waals surface area contributed by atoms with Crippen LogP contribution in [-0.4, -0.2) is 20.0 Å². The molecule has 5 heteroatoms. The number of nitrogens with zero attached hydrogens (tertiary/aromatic N) is 1. The van der Waals surface area contributed by atoms with E-state index in [-0.39, 0.29) is 6.04 Å². The summed E-state index contributed by atoms with van der Waals surface area (Å²) >= 11 is 0. The molecule has 1 unspecified atom stereocenters. The standard InChI is InChI=1S/C15H16N2O2S/c1-12-7-9-14(10-8-12)20(18,19)16-17-11-15(17)13-5-3-2-4-6-13/h2-10,15-16H,11H2,1H3/t15-,17?/m0/s1. The third-order valence-corrected chi connectivity index (χ3v) is 4.73. The second-order valence-corrected chi connectivity index (χ2v) is 6.65. The maximum Gasteiger partial charge on any atom is 0.253 e. The van der Waals surface area contributed by atoms with Gasteiger partial charge in [0, 0.05) is 6.54 Å². The van der Waals surface area contributed by atoms with Crippen LogP contribution in [0.4, 0.5) is 0 Å². The number of rotatable bonds is 4. The second kappa shape index (κ2) is 5.01. The van der Waals surface area contributed by atoms with Crippen molar-refractivity contribution in [2.45, 2.75) is 17.9 Å². The molecular formula is C15H16N2O2S. The van der Waals surface area contributed by atoms with Crippen LogP contribution in [0.1, 0.15) is 17.2 Å². The number of hydrogen-bond donors (Lipinski definition) is 1. The van der Waals surface area contributed by atoms with Gasteiger partial charge in [0.15, 0.2) is 0 Å². The summed E-state index contributed by atoms with van der Waals surface area (Å²) in [6.07, 6.45) is 0. The van der Waals surface area contributed by atoms with E-state index >= 15 is 0 Å². The number of hydrazine groups is 1. The summed E-state index contributed by atoms with van der Waals surface area (Å²) in [5, 5.41) is 1.73. The average Bonchev–Trinajstić information content (AvgIpc) is 3.19. The van der Waals surface area contributed by atoms with Crippen LogP contribution in [0.15, 0.2) is 59.5 Å². The summed E-state index contributed by atoms with van der Waals surface area (Å²) in [6.45, 7) is 2.63. The van der Waals surface area contributed by atoms with E-state index in [2.05, 4.69) is 4.83 Å². The lowest BCUT2D eigenvalue weighted by Crippen LogP contribution is -2.29. The molecule has 1 N–H and O–H groups in total. The van der Waals surface area contributed by atoms with E-state index in [9.17, 15) is 8.42 Å². The molecule has 1 saturated heterocycles. The molecule has 2 atom stereocenters. The van der Waals surface area contributed by atoms with Gasteiger partial charge in [-0.05, 0) is 24.6 Å². The first-order valence-corrected chi connectivity index (χ1v) is 7.95. The zero-order valence-corrected chi connectivity index (χ0v) is 12.0. The van der Waals surface area contributed by atoms with E-state index in [1.165, 1.54) is 0 Å². The first-order chi connectivity index (χ1) is 9.56. The summed E-state index contributed by atoms with van der Waals surface area (Å²) < 4.78 is 24.4. The molecule has 1 aliphatic heterocycles. The van der Waals surface area contributed by atoms with Crippen LogP contribution in [0, 0.1) is 6.92 Å². The van der Waals surface area contributed by atoms with E-state index in [1.54, 1.807) is 29.3 Å². The van der Waals surface area contributed by atoms with Gasteiger partial charge in [-0.3, -0.25) is 0 Å². The highest BCUT2D eigenvalue weighted by molar-refractivity contribution is 7.89. The van der Waals surface area contributed by atoms with Crippen molar-refractivity contribution in [1.82, 2.24) is 9.84 Å². The maximum absolute atomic E-state index is 12.2. The zero-order chi connectivity index (χ0) is 14.2. The molecular weight excluding hydrogens is 272 g/mol. The summed E-state index contributed by atoms with van der Waals surface area (Å²) in [5.74, 6) is 0. The molecule has 20 heavy (non-hydrogen) atoms. The Balaban J connectivity index is 1.71. The molecule has 104 valence electrons. The first-order valence-electron chi connectivity index (χ1n) is 6.47. The minimum absolute atomic E-state index is 0.136. The Kier molecular flexibility index (Phi) is 3.33.